The van der Waals surface area contributed by atoms with Crippen molar-refractivity contribution < 1.29 is 0 Å². The van der Waals surface area contributed by atoms with E-state index >= 15 is 0 Å². The third-order valence-corrected chi connectivity index (χ3v) is 17.4. The topological polar surface area (TPSA) is 87.2 Å². The Morgan fingerprint density at radius 3 is 0.913 bits per heavy atom. The maximum atomic E-state index is 5.72. The number of rotatable bonds is 12. The third kappa shape index (κ3) is 9.76. The first-order valence-electron chi connectivity index (χ1n) is 30.9. The van der Waals surface area contributed by atoms with Crippen LogP contribution in [-0.4, -0.2) is 39.0 Å². The number of aromatic nitrogens is 8. The van der Waals surface area contributed by atoms with Crippen LogP contribution in [0.3, 0.4) is 0 Å². The van der Waals surface area contributed by atoms with Gasteiger partial charge in [0.25, 0.3) is 0 Å². The number of hydrogen-bond acceptors (Lipinski definition) is 6. The highest BCUT2D eigenvalue weighted by molar-refractivity contribution is 6.13. The van der Waals surface area contributed by atoms with Crippen LogP contribution < -0.4 is 0 Å². The molecule has 0 aliphatic rings. The van der Waals surface area contributed by atoms with E-state index in [0.717, 1.165) is 156 Å². The SMILES string of the molecule is c1ccc(-c2cccc(-c3ccc4c(c3)c3ccccc3n4-c3cc(-c4cc(-c5ccccc5)nc(-c5ccccc5)n4)c(-n4c5ccccc5c5cc(-c6cccc(-c7ccccc7)n6)ccc54)c(-c4cc(-c5ccccc5)nc(-c5ccccc5)n4)c3)n2)cc1. The molecule has 6 aromatic heterocycles. The predicted molar refractivity (Wildman–Crippen MR) is 376 cm³/mol. The Balaban J connectivity index is 0.998. The zero-order chi connectivity index (χ0) is 60.9. The molecule has 11 aromatic carbocycles. The Kier molecular flexibility index (Phi) is 13.4. The summed E-state index contributed by atoms with van der Waals surface area (Å²) in [5.74, 6) is 1.21. The monoisotopic (exact) mass is 1170 g/mol. The van der Waals surface area contributed by atoms with Crippen LogP contribution in [0.4, 0.5) is 0 Å². The van der Waals surface area contributed by atoms with Crippen molar-refractivity contribution in [2.24, 2.45) is 0 Å². The van der Waals surface area contributed by atoms with E-state index in [4.69, 9.17) is 29.9 Å². The zero-order valence-electron chi connectivity index (χ0n) is 49.8. The molecular formula is C84H54N8. The molecule has 0 aliphatic heterocycles. The zero-order valence-corrected chi connectivity index (χ0v) is 49.8. The van der Waals surface area contributed by atoms with E-state index in [0.29, 0.717) is 11.6 Å². The number of hydrogen-bond donors (Lipinski definition) is 0. The minimum Gasteiger partial charge on any atom is -0.309 e. The van der Waals surface area contributed by atoms with Crippen molar-refractivity contribution in [3.63, 3.8) is 0 Å². The van der Waals surface area contributed by atoms with Crippen molar-refractivity contribution in [2.45, 2.75) is 0 Å². The lowest BCUT2D eigenvalue weighted by molar-refractivity contribution is 1.12. The molecule has 0 unspecified atom stereocenters. The molecule has 17 aromatic rings. The van der Waals surface area contributed by atoms with Gasteiger partial charge in [-0.1, -0.05) is 243 Å². The van der Waals surface area contributed by atoms with Crippen molar-refractivity contribution in [3.05, 3.63) is 328 Å². The molecule has 0 atom stereocenters. The van der Waals surface area contributed by atoms with Crippen LogP contribution in [0.15, 0.2) is 328 Å². The second-order valence-corrected chi connectivity index (χ2v) is 23.0. The Morgan fingerprint density at radius 2 is 0.500 bits per heavy atom. The van der Waals surface area contributed by atoms with Crippen LogP contribution in [0.1, 0.15) is 0 Å². The highest BCUT2D eigenvalue weighted by Crippen LogP contribution is 2.46. The summed E-state index contributed by atoms with van der Waals surface area (Å²) in [5, 5.41) is 4.36. The number of nitrogens with zero attached hydrogens (tertiary/aromatic N) is 8. The molecule has 0 saturated heterocycles. The molecule has 92 heavy (non-hydrogen) atoms. The van der Waals surface area contributed by atoms with Crippen LogP contribution in [0.5, 0.6) is 0 Å². The molecule has 0 radical (unpaired) electrons. The van der Waals surface area contributed by atoms with Gasteiger partial charge in [-0.05, 0) is 84.9 Å². The van der Waals surface area contributed by atoms with Gasteiger partial charge in [0.15, 0.2) is 11.6 Å². The van der Waals surface area contributed by atoms with Gasteiger partial charge in [-0.2, -0.15) is 0 Å². The third-order valence-electron chi connectivity index (χ3n) is 17.4. The molecule has 0 spiro atoms. The summed E-state index contributed by atoms with van der Waals surface area (Å²) in [6, 6.07) is 115. The van der Waals surface area contributed by atoms with E-state index in [9.17, 15) is 0 Å². The van der Waals surface area contributed by atoms with Crippen molar-refractivity contribution >= 4 is 43.6 Å². The number of pyridine rings is 2. The molecule has 0 amide bonds. The molecule has 8 heteroatoms. The summed E-state index contributed by atoms with van der Waals surface area (Å²) in [6.45, 7) is 0. The fourth-order valence-corrected chi connectivity index (χ4v) is 13.0. The summed E-state index contributed by atoms with van der Waals surface area (Å²) in [6.07, 6.45) is 0. The van der Waals surface area contributed by atoms with Crippen LogP contribution in [0, 0.1) is 0 Å². The highest BCUT2D eigenvalue weighted by atomic mass is 15.0. The maximum absolute atomic E-state index is 5.72. The summed E-state index contributed by atoms with van der Waals surface area (Å²) < 4.78 is 4.84. The molecule has 6 heterocycles. The molecule has 0 N–H and O–H groups in total. The van der Waals surface area contributed by atoms with E-state index in [1.807, 2.05) is 60.7 Å². The molecule has 0 aliphatic carbocycles. The van der Waals surface area contributed by atoms with Crippen molar-refractivity contribution in [3.8, 4) is 124 Å². The second kappa shape index (κ2) is 22.9. The summed E-state index contributed by atoms with van der Waals surface area (Å²) in [5.41, 5.74) is 22.2. The fourth-order valence-electron chi connectivity index (χ4n) is 13.0. The van der Waals surface area contributed by atoms with Gasteiger partial charge in [0.2, 0.25) is 0 Å². The van der Waals surface area contributed by atoms with Crippen LogP contribution >= 0.6 is 0 Å². The minimum atomic E-state index is 0.603. The van der Waals surface area contributed by atoms with E-state index < -0.39 is 0 Å². The molecule has 0 saturated carbocycles. The van der Waals surface area contributed by atoms with Gasteiger partial charge in [-0.15, -0.1) is 0 Å². The molecule has 8 nitrogen and oxygen atoms in total. The van der Waals surface area contributed by atoms with Crippen LogP contribution in [0.2, 0.25) is 0 Å². The number of fused-ring (bicyclic) bond motifs is 6. The summed E-state index contributed by atoms with van der Waals surface area (Å²) >= 11 is 0. The van der Waals surface area contributed by atoms with Crippen molar-refractivity contribution in [1.82, 2.24) is 39.0 Å². The first kappa shape index (κ1) is 53.7. The van der Waals surface area contributed by atoms with Gasteiger partial charge in [0.05, 0.1) is 73.3 Å². The van der Waals surface area contributed by atoms with E-state index in [-0.39, 0.29) is 0 Å². The molecular weight excluding hydrogens is 1120 g/mol. The predicted octanol–water partition coefficient (Wildman–Crippen LogP) is 20.9. The Labute approximate surface area is 531 Å². The normalized spacial score (nSPS) is 11.5. The average molecular weight is 1180 g/mol. The van der Waals surface area contributed by atoms with E-state index in [2.05, 4.69) is 276 Å². The van der Waals surface area contributed by atoms with Gasteiger partial charge in [0, 0.05) is 82.9 Å². The maximum Gasteiger partial charge on any atom is 0.160 e. The molecule has 0 bridgehead atoms. The minimum absolute atomic E-state index is 0.603. The van der Waals surface area contributed by atoms with Crippen molar-refractivity contribution in [1.29, 1.82) is 0 Å². The lowest BCUT2D eigenvalue weighted by Crippen LogP contribution is -2.07. The van der Waals surface area contributed by atoms with Gasteiger partial charge in [-0.3, -0.25) is 0 Å². The highest BCUT2D eigenvalue weighted by Gasteiger charge is 2.27. The molecule has 17 rings (SSSR count). The standard InChI is InChI=1S/C84H54N8/c1-7-25-55(26-8-1)70-39-23-41-72(85-70)61-45-47-80-66(49-61)64-37-19-21-43-78(64)91(80)63-51-68(76-53-74(57-29-11-3-12-30-57)87-83(89-76)59-33-15-5-16-34-59)82(69(52-63)77-54-75(58-31-13-4-14-32-58)88-84(90-77)60-35-17-6-18-36-60)92-79-44-22-20-38-65(79)67-50-62(46-48-81(67)92)73-42-24-40-71(86-73)56-27-9-2-10-28-56/h1-54H. The average Bonchev–Trinajstić information content (AvgIpc) is 1.54. The Morgan fingerprint density at radius 1 is 0.185 bits per heavy atom. The molecule has 430 valence electrons. The fraction of sp³-hybridized carbons (Fsp3) is 0. The van der Waals surface area contributed by atoms with E-state index in [1.165, 1.54) is 0 Å². The van der Waals surface area contributed by atoms with Gasteiger partial charge in [-0.25, -0.2) is 29.9 Å². The summed E-state index contributed by atoms with van der Waals surface area (Å²) in [4.78, 5) is 32.7. The van der Waals surface area contributed by atoms with E-state index in [1.54, 1.807) is 0 Å². The number of para-hydroxylation sites is 2. The molecule has 0 fully saturated rings. The number of benzene rings is 11. The Bertz CT molecular complexity index is 5350. The van der Waals surface area contributed by atoms with Gasteiger partial charge in [0.1, 0.15) is 0 Å². The van der Waals surface area contributed by atoms with Crippen LogP contribution in [0.25, 0.3) is 168 Å². The van der Waals surface area contributed by atoms with Gasteiger partial charge < -0.3 is 9.13 Å². The lowest BCUT2D eigenvalue weighted by Gasteiger charge is -2.22. The lowest BCUT2D eigenvalue weighted by atomic mass is 9.97. The summed E-state index contributed by atoms with van der Waals surface area (Å²) in [7, 11) is 0. The van der Waals surface area contributed by atoms with Gasteiger partial charge >= 0.3 is 0 Å². The second-order valence-electron chi connectivity index (χ2n) is 23.0. The first-order valence-corrected chi connectivity index (χ1v) is 30.9. The first-order chi connectivity index (χ1) is 45.6. The Hall–Kier alpha value is -12.5. The largest absolute Gasteiger partial charge is 0.309 e. The smallest absolute Gasteiger partial charge is 0.160 e. The van der Waals surface area contributed by atoms with Crippen molar-refractivity contribution in [2.75, 3.05) is 0 Å². The van der Waals surface area contributed by atoms with Crippen LogP contribution in [-0.2, 0) is 0 Å². The quantitative estimate of drug-likeness (QED) is 0.121.